The van der Waals surface area contributed by atoms with Gasteiger partial charge in [0.25, 0.3) is 5.92 Å². The van der Waals surface area contributed by atoms with Crippen LogP contribution in [0.3, 0.4) is 0 Å². The number of aliphatic hydroxyl groups excluding tert-OH is 1. The first-order valence-electron chi connectivity index (χ1n) is 14.1. The minimum atomic E-state index is -2.60. The molecule has 0 bridgehead atoms. The van der Waals surface area contributed by atoms with Crippen LogP contribution in [0.5, 0.6) is 0 Å². The monoisotopic (exact) mass is 477 g/mol. The molecule has 5 rings (SSSR count). The molecule has 3 nitrogen and oxygen atoms in total. The van der Waals surface area contributed by atoms with Crippen molar-refractivity contribution < 1.29 is 18.7 Å². The summed E-state index contributed by atoms with van der Waals surface area (Å²) >= 11 is 0. The Morgan fingerprint density at radius 3 is 2.56 bits per heavy atom. The van der Waals surface area contributed by atoms with Crippen molar-refractivity contribution in [3.05, 3.63) is 11.6 Å². The van der Waals surface area contributed by atoms with Gasteiger partial charge in [-0.3, -0.25) is 4.79 Å². The summed E-state index contributed by atoms with van der Waals surface area (Å²) in [6, 6.07) is 0. The second-order valence-corrected chi connectivity index (χ2v) is 13.1. The summed E-state index contributed by atoms with van der Waals surface area (Å²) in [4.78, 5) is 14.4. The topological polar surface area (TPSA) is 40.5 Å². The summed E-state index contributed by atoms with van der Waals surface area (Å²) in [5.41, 5.74) is 2.17. The molecule has 1 amide bonds. The number of amides is 1. The van der Waals surface area contributed by atoms with Crippen molar-refractivity contribution in [1.29, 1.82) is 0 Å². The molecule has 4 aliphatic carbocycles. The molecule has 0 aromatic heterocycles. The normalized spacial score (nSPS) is 44.5. The maximum Gasteiger partial charge on any atom is 0.251 e. The standard InChI is InChI=1S/C29H45F2NO2/c1-19(4-9-26(34)32-16-14-29(30,31)15-17-32)23-7-8-24-22-6-5-20-18-21(33)10-12-27(20,2)25(22)11-13-28(23,24)3/h5,19,21-25,33H,4,6-18H2,1-3H3/t19?,21-,22-,23+,24-,25-,27-,28+/m0/s1. The van der Waals surface area contributed by atoms with Crippen molar-refractivity contribution in [1.82, 2.24) is 4.90 Å². The molecular formula is C29H45F2NO2. The van der Waals surface area contributed by atoms with E-state index < -0.39 is 5.92 Å². The molecule has 0 spiro atoms. The fourth-order valence-electron chi connectivity index (χ4n) is 9.41. The molecule has 8 atom stereocenters. The van der Waals surface area contributed by atoms with E-state index in [1.165, 1.54) is 37.7 Å². The number of aliphatic hydroxyl groups is 1. The number of likely N-dealkylation sites (tertiary alicyclic amines) is 1. The third-order valence-electron chi connectivity index (χ3n) is 11.5. The molecule has 192 valence electrons. The smallest absolute Gasteiger partial charge is 0.251 e. The zero-order valence-corrected chi connectivity index (χ0v) is 21.5. The maximum atomic E-state index is 13.5. The number of alkyl halides is 2. The van der Waals surface area contributed by atoms with Crippen molar-refractivity contribution in [3.63, 3.8) is 0 Å². The Hall–Kier alpha value is -0.970. The number of piperidine rings is 1. The number of hydrogen-bond donors (Lipinski definition) is 1. The van der Waals surface area contributed by atoms with E-state index >= 15 is 0 Å². The van der Waals surface area contributed by atoms with Crippen molar-refractivity contribution >= 4 is 5.91 Å². The number of carbonyl (C=O) groups excluding carboxylic acids is 1. The van der Waals surface area contributed by atoms with Crippen molar-refractivity contribution in [2.75, 3.05) is 13.1 Å². The molecular weight excluding hydrogens is 432 g/mol. The van der Waals surface area contributed by atoms with E-state index in [0.29, 0.717) is 23.7 Å². The quantitative estimate of drug-likeness (QED) is 0.464. The lowest BCUT2D eigenvalue weighted by Gasteiger charge is -2.58. The van der Waals surface area contributed by atoms with Gasteiger partial charge in [-0.1, -0.05) is 32.4 Å². The highest BCUT2D eigenvalue weighted by Crippen LogP contribution is 2.67. The predicted octanol–water partition coefficient (Wildman–Crippen LogP) is 6.60. The first-order chi connectivity index (χ1) is 16.0. The van der Waals surface area contributed by atoms with Crippen LogP contribution in [0, 0.1) is 40.4 Å². The van der Waals surface area contributed by atoms with Gasteiger partial charge in [0.1, 0.15) is 0 Å². The predicted molar refractivity (Wildman–Crippen MR) is 130 cm³/mol. The number of hydrogen-bond acceptors (Lipinski definition) is 2. The number of halogens is 2. The van der Waals surface area contributed by atoms with E-state index in [1.54, 1.807) is 4.90 Å². The second-order valence-electron chi connectivity index (χ2n) is 13.1. The molecule has 4 fully saturated rings. The first kappa shape index (κ1) is 24.7. The van der Waals surface area contributed by atoms with Crippen LogP contribution in [0.15, 0.2) is 11.6 Å². The highest BCUT2D eigenvalue weighted by molar-refractivity contribution is 5.76. The number of fused-ring (bicyclic) bond motifs is 5. The lowest BCUT2D eigenvalue weighted by atomic mass is 9.47. The van der Waals surface area contributed by atoms with Crippen LogP contribution in [-0.2, 0) is 4.79 Å². The van der Waals surface area contributed by atoms with Crippen LogP contribution >= 0.6 is 0 Å². The molecule has 5 aliphatic rings. The molecule has 0 aromatic rings. The van der Waals surface area contributed by atoms with Crippen LogP contribution in [0.25, 0.3) is 0 Å². The highest BCUT2D eigenvalue weighted by Gasteiger charge is 2.59. The fourth-order valence-corrected chi connectivity index (χ4v) is 9.41. The fraction of sp³-hybridized carbons (Fsp3) is 0.897. The molecule has 1 N–H and O–H groups in total. The van der Waals surface area contributed by atoms with Crippen LogP contribution in [0.4, 0.5) is 8.78 Å². The zero-order chi connectivity index (χ0) is 24.3. The Morgan fingerprint density at radius 1 is 1.09 bits per heavy atom. The van der Waals surface area contributed by atoms with Crippen LogP contribution in [-0.4, -0.2) is 41.0 Å². The van der Waals surface area contributed by atoms with Crippen molar-refractivity contribution in [2.45, 2.75) is 110 Å². The number of carbonyl (C=O) groups is 1. The molecule has 1 unspecified atom stereocenters. The van der Waals surface area contributed by atoms with Crippen LogP contribution in [0.1, 0.15) is 97.8 Å². The van der Waals surface area contributed by atoms with Gasteiger partial charge in [-0.05, 0) is 98.2 Å². The van der Waals surface area contributed by atoms with Crippen LogP contribution < -0.4 is 0 Å². The summed E-state index contributed by atoms with van der Waals surface area (Å²) in [6.07, 6.45) is 12.7. The SMILES string of the molecule is CC(CCC(=O)N1CCC(F)(F)CC1)[C@H]1CC[C@H]2[C@@H]3CC=C4C[C@@H](O)CC[C@]4(C)[C@H]3CC[C@]12C. The maximum absolute atomic E-state index is 13.5. The van der Waals surface area contributed by atoms with Gasteiger partial charge in [0.05, 0.1) is 6.10 Å². The molecule has 0 radical (unpaired) electrons. The van der Waals surface area contributed by atoms with Crippen molar-refractivity contribution in [2.24, 2.45) is 40.4 Å². The Bertz CT molecular complexity index is 817. The van der Waals surface area contributed by atoms with E-state index in [4.69, 9.17) is 0 Å². The summed E-state index contributed by atoms with van der Waals surface area (Å²) in [6.45, 7) is 7.78. The molecule has 1 heterocycles. The van der Waals surface area contributed by atoms with Gasteiger partial charge in [0.2, 0.25) is 5.91 Å². The Kier molecular flexibility index (Phi) is 6.43. The summed E-state index contributed by atoms with van der Waals surface area (Å²) in [7, 11) is 0. The second kappa shape index (κ2) is 8.85. The molecule has 1 aliphatic heterocycles. The van der Waals surface area contributed by atoms with E-state index in [1.807, 2.05) is 0 Å². The highest BCUT2D eigenvalue weighted by atomic mass is 19.3. The van der Waals surface area contributed by atoms with Crippen LogP contribution in [0.2, 0.25) is 0 Å². The van der Waals surface area contributed by atoms with E-state index in [9.17, 15) is 18.7 Å². The van der Waals surface area contributed by atoms with Gasteiger partial charge < -0.3 is 10.0 Å². The molecule has 0 aromatic carbocycles. The minimum absolute atomic E-state index is 0.0723. The van der Waals surface area contributed by atoms with Gasteiger partial charge in [0, 0.05) is 32.4 Å². The Labute approximate surface area is 204 Å². The van der Waals surface area contributed by atoms with Gasteiger partial charge in [-0.25, -0.2) is 8.78 Å². The van der Waals surface area contributed by atoms with Gasteiger partial charge in [0.15, 0.2) is 0 Å². The molecule has 5 heteroatoms. The summed E-state index contributed by atoms with van der Waals surface area (Å²) in [5.74, 6) is 0.908. The molecule has 3 saturated carbocycles. The van der Waals surface area contributed by atoms with Gasteiger partial charge >= 0.3 is 0 Å². The van der Waals surface area contributed by atoms with E-state index in [0.717, 1.165) is 43.4 Å². The molecule has 1 saturated heterocycles. The largest absolute Gasteiger partial charge is 0.393 e. The Balaban J connectivity index is 1.22. The number of rotatable bonds is 4. The van der Waals surface area contributed by atoms with E-state index in [-0.39, 0.29) is 43.4 Å². The minimum Gasteiger partial charge on any atom is -0.393 e. The zero-order valence-electron chi connectivity index (χ0n) is 21.5. The first-order valence-corrected chi connectivity index (χ1v) is 14.1. The lowest BCUT2D eigenvalue weighted by molar-refractivity contribution is -0.137. The van der Waals surface area contributed by atoms with Gasteiger partial charge in [-0.15, -0.1) is 0 Å². The van der Waals surface area contributed by atoms with Gasteiger partial charge in [-0.2, -0.15) is 0 Å². The van der Waals surface area contributed by atoms with Crippen molar-refractivity contribution in [3.8, 4) is 0 Å². The third-order valence-corrected chi connectivity index (χ3v) is 11.5. The average molecular weight is 478 g/mol. The lowest BCUT2D eigenvalue weighted by Crippen LogP contribution is -2.50. The summed E-state index contributed by atoms with van der Waals surface area (Å²) < 4.78 is 26.9. The molecule has 34 heavy (non-hydrogen) atoms. The van der Waals surface area contributed by atoms with E-state index in [2.05, 4.69) is 26.8 Å². The average Bonchev–Trinajstić information content (AvgIpc) is 3.15. The third kappa shape index (κ3) is 4.16. The summed E-state index contributed by atoms with van der Waals surface area (Å²) in [5, 5.41) is 10.2. The number of allylic oxidation sites excluding steroid dienone is 1. The number of nitrogens with zero attached hydrogens (tertiary/aromatic N) is 1. The Morgan fingerprint density at radius 2 is 1.82 bits per heavy atom.